The van der Waals surface area contributed by atoms with Crippen molar-refractivity contribution in [3.63, 3.8) is 0 Å². The van der Waals surface area contributed by atoms with Crippen LogP contribution in [0.15, 0.2) is 41.0 Å². The van der Waals surface area contributed by atoms with Crippen molar-refractivity contribution in [1.29, 1.82) is 5.26 Å². The van der Waals surface area contributed by atoms with Gasteiger partial charge in [0.25, 0.3) is 0 Å². The highest BCUT2D eigenvalue weighted by Crippen LogP contribution is 2.36. The summed E-state index contributed by atoms with van der Waals surface area (Å²) in [6, 6.07) is 10.5. The van der Waals surface area contributed by atoms with Crippen molar-refractivity contribution >= 4 is 48.2 Å². The van der Waals surface area contributed by atoms with Crippen LogP contribution in [0.3, 0.4) is 0 Å². The van der Waals surface area contributed by atoms with Crippen molar-refractivity contribution in [2.24, 2.45) is 0 Å². The maximum atomic E-state index is 13.8. The largest absolute Gasteiger partial charge is 0.344 e. The molecule has 0 atom stereocenters. The summed E-state index contributed by atoms with van der Waals surface area (Å²) in [6.45, 7) is 0. The average molecular weight is 348 g/mol. The Hall–Kier alpha value is -1.97. The Kier molecular flexibility index (Phi) is 3.38. The Morgan fingerprint density at radius 1 is 1.35 bits per heavy atom. The van der Waals surface area contributed by atoms with Gasteiger partial charge >= 0.3 is 0 Å². The fraction of sp³-hybridized carbons (Fsp3) is 0. The number of nitrogens with one attached hydrogen (secondary N) is 1. The third-order valence-corrected chi connectivity index (χ3v) is 4.28. The monoisotopic (exact) mass is 347 g/mol. The number of halogens is 2. The van der Waals surface area contributed by atoms with Crippen molar-refractivity contribution in [2.75, 3.05) is 5.32 Å². The lowest BCUT2D eigenvalue weighted by molar-refractivity contribution is 0.631. The van der Waals surface area contributed by atoms with Gasteiger partial charge in [-0.15, -0.1) is 0 Å². The number of benzene rings is 1. The Morgan fingerprint density at radius 2 is 2.20 bits per heavy atom. The minimum atomic E-state index is -0.381. The van der Waals surface area contributed by atoms with Gasteiger partial charge in [-0.1, -0.05) is 27.3 Å². The lowest BCUT2D eigenvalue weighted by atomic mass is 10.2. The quantitative estimate of drug-likeness (QED) is 0.723. The molecule has 0 saturated heterocycles. The zero-order valence-electron chi connectivity index (χ0n) is 10.0. The van der Waals surface area contributed by atoms with Crippen LogP contribution in [0, 0.1) is 17.1 Å². The molecule has 0 aliphatic carbocycles. The Morgan fingerprint density at radius 3 is 2.95 bits per heavy atom. The molecule has 0 aliphatic rings. The highest BCUT2D eigenvalue weighted by Gasteiger charge is 2.14. The number of hydrogen-bond acceptors (Lipinski definition) is 4. The Bertz CT molecular complexity index is 838. The van der Waals surface area contributed by atoms with Gasteiger partial charge in [0, 0.05) is 16.1 Å². The van der Waals surface area contributed by atoms with Crippen molar-refractivity contribution in [3.05, 3.63) is 52.4 Å². The first kappa shape index (κ1) is 13.0. The second-order valence-electron chi connectivity index (χ2n) is 4.02. The van der Waals surface area contributed by atoms with E-state index in [9.17, 15) is 9.65 Å². The summed E-state index contributed by atoms with van der Waals surface area (Å²) in [7, 11) is 0. The molecular formula is C14H7BrFN3S. The Balaban J connectivity index is 2.09. The van der Waals surface area contributed by atoms with Gasteiger partial charge in [-0.05, 0) is 30.3 Å². The topological polar surface area (TPSA) is 48.7 Å². The van der Waals surface area contributed by atoms with E-state index in [0.717, 1.165) is 10.2 Å². The van der Waals surface area contributed by atoms with Crippen LogP contribution in [0.1, 0.15) is 5.56 Å². The molecule has 0 radical (unpaired) electrons. The lowest BCUT2D eigenvalue weighted by Gasteiger charge is -2.05. The molecule has 6 heteroatoms. The van der Waals surface area contributed by atoms with E-state index in [-0.39, 0.29) is 5.82 Å². The molecule has 3 rings (SSSR count). The number of thiophene rings is 1. The van der Waals surface area contributed by atoms with E-state index in [2.05, 4.69) is 32.3 Å². The third-order valence-electron chi connectivity index (χ3n) is 2.76. The summed E-state index contributed by atoms with van der Waals surface area (Å²) in [5.41, 5.74) is 0.816. The predicted octanol–water partition coefficient (Wildman–Crippen LogP) is 4.81. The number of rotatable bonds is 2. The molecule has 1 N–H and O–H groups in total. The zero-order chi connectivity index (χ0) is 14.1. The first-order valence-corrected chi connectivity index (χ1v) is 7.29. The molecule has 0 spiro atoms. The lowest BCUT2D eigenvalue weighted by Crippen LogP contribution is -1.93. The summed E-state index contributed by atoms with van der Waals surface area (Å²) >= 11 is 4.54. The van der Waals surface area contributed by atoms with Crippen LogP contribution in [0.2, 0.25) is 0 Å². The van der Waals surface area contributed by atoms with E-state index in [0.29, 0.717) is 20.7 Å². The second-order valence-corrected chi connectivity index (χ2v) is 5.94. The van der Waals surface area contributed by atoms with Crippen molar-refractivity contribution < 1.29 is 4.39 Å². The number of nitrogens with zero attached hydrogens (tertiary/aromatic N) is 2. The van der Waals surface area contributed by atoms with Gasteiger partial charge < -0.3 is 5.32 Å². The normalized spacial score (nSPS) is 10.4. The molecule has 2 heterocycles. The summed E-state index contributed by atoms with van der Waals surface area (Å²) < 4.78 is 14.5. The Labute approximate surface area is 126 Å². The highest BCUT2D eigenvalue weighted by atomic mass is 79.9. The summed E-state index contributed by atoms with van der Waals surface area (Å²) in [5, 5.41) is 13.6. The highest BCUT2D eigenvalue weighted by molar-refractivity contribution is 9.10. The second kappa shape index (κ2) is 5.19. The number of aromatic nitrogens is 1. The first-order valence-electron chi connectivity index (χ1n) is 5.69. The molecule has 3 aromatic rings. The van der Waals surface area contributed by atoms with E-state index in [4.69, 9.17) is 0 Å². The van der Waals surface area contributed by atoms with Gasteiger partial charge in [0.1, 0.15) is 21.7 Å². The molecule has 2 aromatic heterocycles. The molecular weight excluding hydrogens is 341 g/mol. The SMILES string of the molecule is N#Cc1c(Nc2ccc(Br)cc2F)sc2ncccc12. The molecule has 0 unspecified atom stereocenters. The molecule has 3 nitrogen and oxygen atoms in total. The van der Waals surface area contributed by atoms with E-state index in [1.54, 1.807) is 24.4 Å². The molecule has 0 fully saturated rings. The van der Waals surface area contributed by atoms with Crippen LogP contribution in [0.25, 0.3) is 10.2 Å². The average Bonchev–Trinajstić information content (AvgIpc) is 2.79. The molecule has 1 aromatic carbocycles. The van der Waals surface area contributed by atoms with Gasteiger partial charge in [-0.2, -0.15) is 5.26 Å². The van der Waals surface area contributed by atoms with Crippen molar-refractivity contribution in [2.45, 2.75) is 0 Å². The molecule has 0 amide bonds. The zero-order valence-corrected chi connectivity index (χ0v) is 12.4. The molecule has 0 bridgehead atoms. The molecule has 98 valence electrons. The van der Waals surface area contributed by atoms with Gasteiger partial charge in [-0.3, -0.25) is 0 Å². The number of anilines is 2. The van der Waals surface area contributed by atoms with Crippen LogP contribution >= 0.6 is 27.3 Å². The van der Waals surface area contributed by atoms with Crippen molar-refractivity contribution in [3.8, 4) is 6.07 Å². The van der Waals surface area contributed by atoms with Crippen LogP contribution < -0.4 is 5.32 Å². The number of pyridine rings is 1. The summed E-state index contributed by atoms with van der Waals surface area (Å²) in [5.74, 6) is -0.381. The third kappa shape index (κ3) is 2.26. The van der Waals surface area contributed by atoms with Gasteiger partial charge in [0.15, 0.2) is 0 Å². The minimum Gasteiger partial charge on any atom is -0.344 e. The van der Waals surface area contributed by atoms with E-state index < -0.39 is 0 Å². The predicted molar refractivity (Wildman–Crippen MR) is 81.7 cm³/mol. The van der Waals surface area contributed by atoms with Gasteiger partial charge in [0.2, 0.25) is 0 Å². The number of hydrogen-bond donors (Lipinski definition) is 1. The van der Waals surface area contributed by atoms with E-state index in [1.165, 1.54) is 17.4 Å². The van der Waals surface area contributed by atoms with Crippen LogP contribution in [-0.4, -0.2) is 4.98 Å². The van der Waals surface area contributed by atoms with E-state index in [1.807, 2.05) is 6.07 Å². The van der Waals surface area contributed by atoms with Gasteiger partial charge in [-0.25, -0.2) is 9.37 Å². The number of fused-ring (bicyclic) bond motifs is 1. The fourth-order valence-corrected chi connectivity index (χ4v) is 3.18. The first-order chi connectivity index (χ1) is 9.69. The fourth-order valence-electron chi connectivity index (χ4n) is 1.84. The van der Waals surface area contributed by atoms with Crippen LogP contribution in [0.5, 0.6) is 0 Å². The summed E-state index contributed by atoms with van der Waals surface area (Å²) in [4.78, 5) is 4.97. The summed E-state index contributed by atoms with van der Waals surface area (Å²) in [6.07, 6.45) is 1.67. The van der Waals surface area contributed by atoms with E-state index >= 15 is 0 Å². The standard InChI is InChI=1S/C14H7BrFN3S/c15-8-3-4-12(11(16)6-8)19-14-10(7-17)9-2-1-5-18-13(9)20-14/h1-6,19H. The molecule has 0 saturated carbocycles. The maximum absolute atomic E-state index is 13.8. The van der Waals surface area contributed by atoms with Crippen LogP contribution in [0.4, 0.5) is 15.1 Å². The smallest absolute Gasteiger partial charge is 0.147 e. The van der Waals surface area contributed by atoms with Gasteiger partial charge in [0.05, 0.1) is 11.3 Å². The van der Waals surface area contributed by atoms with Crippen LogP contribution in [-0.2, 0) is 0 Å². The minimum absolute atomic E-state index is 0.330. The maximum Gasteiger partial charge on any atom is 0.147 e. The number of nitriles is 1. The molecule has 20 heavy (non-hydrogen) atoms. The molecule has 0 aliphatic heterocycles. The van der Waals surface area contributed by atoms with Crippen molar-refractivity contribution in [1.82, 2.24) is 4.98 Å².